The van der Waals surface area contributed by atoms with Gasteiger partial charge in [-0.15, -0.1) is 0 Å². The van der Waals surface area contributed by atoms with Gasteiger partial charge in [0.05, 0.1) is 6.10 Å². The van der Waals surface area contributed by atoms with Crippen molar-refractivity contribution in [2.75, 3.05) is 13.3 Å². The Morgan fingerprint density at radius 3 is 0.845 bits per heavy atom. The summed E-state index contributed by atoms with van der Waals surface area (Å²) in [7, 11) is 0. The van der Waals surface area contributed by atoms with Gasteiger partial charge in [-0.1, -0.05) is 67.8 Å². The number of carbonyl (C=O) groups excluding carboxylic acids is 8. The highest BCUT2D eigenvalue weighted by Crippen LogP contribution is 2.38. The van der Waals surface area contributed by atoms with Gasteiger partial charge in [-0.25, -0.2) is 0 Å². The van der Waals surface area contributed by atoms with Gasteiger partial charge in [0.15, 0.2) is 49.2 Å². The standard InChI is InChI=1S/C34H45I3O21/c1-12(38)46-23-20(9-35)55-33(30(51-17(6)43)26(23)47-13(2)39)58-25-22(11-37)56-34(31(52-18(7)44)28(25)49-15(4)41)57-24-21(10-36)54-32(53-19(8)45)29(50-16(5)42)27(24)48-14(3)40/h20-34H,9-11H2,1-8H3/t20-,21-,22-,23-,24-,25-,26+,27+,28+,29-,30-,31-,32?,33-,34-/m1/s1. The van der Waals surface area contributed by atoms with Gasteiger partial charge in [0.25, 0.3) is 0 Å². The molecule has 328 valence electrons. The van der Waals surface area contributed by atoms with Crippen LogP contribution in [0, 0.1) is 0 Å². The zero-order valence-corrected chi connectivity index (χ0v) is 39.0. The van der Waals surface area contributed by atoms with Crippen molar-refractivity contribution < 1.29 is 99.9 Å². The van der Waals surface area contributed by atoms with E-state index in [0.29, 0.717) is 0 Å². The Kier molecular flexibility index (Phi) is 20.0. The van der Waals surface area contributed by atoms with Gasteiger partial charge in [0.1, 0.15) is 24.4 Å². The van der Waals surface area contributed by atoms with Crippen molar-refractivity contribution >= 4 is 116 Å². The van der Waals surface area contributed by atoms with Crippen LogP contribution in [0.4, 0.5) is 0 Å². The summed E-state index contributed by atoms with van der Waals surface area (Å²) in [6.07, 6.45) is -21.4. The molecule has 0 amide bonds. The Bertz CT molecular complexity index is 1510. The molecule has 3 aliphatic rings. The first kappa shape index (κ1) is 50.1. The molecule has 1 unspecified atom stereocenters. The number of carbonyl (C=O) groups is 8. The predicted octanol–water partition coefficient (Wildman–Crippen LogP) is 1.32. The van der Waals surface area contributed by atoms with Crippen LogP contribution in [0.2, 0.25) is 0 Å². The van der Waals surface area contributed by atoms with Gasteiger partial charge >= 0.3 is 47.8 Å². The lowest BCUT2D eigenvalue weighted by molar-refractivity contribution is -0.370. The topological polar surface area (TPSA) is 257 Å². The van der Waals surface area contributed by atoms with Crippen molar-refractivity contribution in [3.8, 4) is 0 Å². The smallest absolute Gasteiger partial charge is 0.305 e. The van der Waals surface area contributed by atoms with E-state index in [1.54, 1.807) is 0 Å². The van der Waals surface area contributed by atoms with E-state index in [-0.39, 0.29) is 13.3 Å². The zero-order valence-electron chi connectivity index (χ0n) is 32.5. The Labute approximate surface area is 373 Å². The van der Waals surface area contributed by atoms with E-state index in [1.807, 2.05) is 67.8 Å². The quantitative estimate of drug-likeness (QED) is 0.0970. The molecule has 15 atom stereocenters. The molecule has 0 aromatic heterocycles. The fraction of sp³-hybridized carbons (Fsp3) is 0.765. The van der Waals surface area contributed by atoms with E-state index >= 15 is 0 Å². The summed E-state index contributed by atoms with van der Waals surface area (Å²) in [6.45, 7) is 8.69. The first-order valence-electron chi connectivity index (χ1n) is 17.5. The molecule has 24 heteroatoms. The van der Waals surface area contributed by atoms with Crippen molar-refractivity contribution in [2.24, 2.45) is 0 Å². The molecule has 0 aromatic rings. The molecule has 0 aromatic carbocycles. The lowest BCUT2D eigenvalue weighted by atomic mass is 9.95. The molecule has 0 radical (unpaired) electrons. The van der Waals surface area contributed by atoms with E-state index in [1.165, 1.54) is 0 Å². The molecule has 21 nitrogen and oxygen atoms in total. The number of esters is 8. The molecule has 3 rings (SSSR count). The maximum absolute atomic E-state index is 12.8. The summed E-state index contributed by atoms with van der Waals surface area (Å²) in [5, 5.41) is 0. The van der Waals surface area contributed by atoms with Crippen molar-refractivity contribution in [2.45, 2.75) is 148 Å². The lowest BCUT2D eigenvalue weighted by Gasteiger charge is -2.50. The average Bonchev–Trinajstić information content (AvgIpc) is 3.09. The van der Waals surface area contributed by atoms with Crippen LogP contribution >= 0.6 is 67.8 Å². The van der Waals surface area contributed by atoms with E-state index in [2.05, 4.69) is 0 Å². The minimum absolute atomic E-state index is 0.0613. The Morgan fingerprint density at radius 2 is 0.552 bits per heavy atom. The first-order valence-corrected chi connectivity index (χ1v) is 22.1. The minimum atomic E-state index is -1.66. The second-order valence-electron chi connectivity index (χ2n) is 12.9. The third-order valence-corrected chi connectivity index (χ3v) is 10.8. The molecule has 3 fully saturated rings. The molecule has 3 saturated heterocycles. The van der Waals surface area contributed by atoms with Gasteiger partial charge in [0.2, 0.25) is 12.4 Å². The van der Waals surface area contributed by atoms with Crippen LogP contribution in [-0.4, -0.2) is 153 Å². The monoisotopic (exact) mass is 1170 g/mol. The molecule has 0 aliphatic carbocycles. The third-order valence-electron chi connectivity index (χ3n) is 8.21. The molecule has 58 heavy (non-hydrogen) atoms. The van der Waals surface area contributed by atoms with Crippen LogP contribution in [0.1, 0.15) is 55.4 Å². The summed E-state index contributed by atoms with van der Waals surface area (Å²) >= 11 is 5.83. The molecular weight excluding hydrogens is 1130 g/mol. The highest BCUT2D eigenvalue weighted by atomic mass is 127. The van der Waals surface area contributed by atoms with Crippen molar-refractivity contribution in [3.63, 3.8) is 0 Å². The molecule has 3 aliphatic heterocycles. The van der Waals surface area contributed by atoms with Crippen LogP contribution in [-0.2, 0) is 99.9 Å². The van der Waals surface area contributed by atoms with Gasteiger partial charge < -0.3 is 61.6 Å². The molecule has 0 spiro atoms. The number of alkyl halides is 3. The maximum Gasteiger partial charge on any atom is 0.305 e. The first-order chi connectivity index (χ1) is 27.2. The number of ether oxygens (including phenoxy) is 13. The summed E-state index contributed by atoms with van der Waals surface area (Å²) in [4.78, 5) is 99.2. The predicted molar refractivity (Wildman–Crippen MR) is 213 cm³/mol. The minimum Gasteiger partial charge on any atom is -0.456 e. The highest BCUT2D eigenvalue weighted by Gasteiger charge is 2.59. The van der Waals surface area contributed by atoms with Crippen LogP contribution in [0.3, 0.4) is 0 Å². The third kappa shape index (κ3) is 13.9. The largest absolute Gasteiger partial charge is 0.456 e. The Morgan fingerprint density at radius 1 is 0.328 bits per heavy atom. The molecule has 3 heterocycles. The van der Waals surface area contributed by atoms with Crippen molar-refractivity contribution in [3.05, 3.63) is 0 Å². The fourth-order valence-corrected chi connectivity index (χ4v) is 8.51. The fourth-order valence-electron chi connectivity index (χ4n) is 6.39. The number of hydrogen-bond acceptors (Lipinski definition) is 21. The molecule has 0 bridgehead atoms. The SMILES string of the molecule is CC(=O)OC1O[C@H](CI)[C@@H](O[C@H]2O[C@H](CI)[C@@H](O[C@H]3O[C@H](CI)[C@@H](OC(C)=O)[C@H](OC(C)=O)[C@H]3OC(C)=O)[C@H](OC(C)=O)[C@H]2OC(C)=O)[C@H](OC(C)=O)[C@H]1OC(C)=O. The van der Waals surface area contributed by atoms with E-state index < -0.39 is 140 Å². The summed E-state index contributed by atoms with van der Waals surface area (Å²) < 4.78 is 76.1. The van der Waals surface area contributed by atoms with Crippen LogP contribution in [0.25, 0.3) is 0 Å². The van der Waals surface area contributed by atoms with Crippen LogP contribution < -0.4 is 0 Å². The van der Waals surface area contributed by atoms with Gasteiger partial charge in [-0.05, 0) is 0 Å². The van der Waals surface area contributed by atoms with Gasteiger partial charge in [-0.3, -0.25) is 38.4 Å². The maximum atomic E-state index is 12.8. The number of halogens is 3. The summed E-state index contributed by atoms with van der Waals surface area (Å²) in [5.41, 5.74) is 0. The normalized spacial score (nSPS) is 34.6. The Hall–Kier alpha value is -2.25. The van der Waals surface area contributed by atoms with E-state index in [4.69, 9.17) is 61.6 Å². The van der Waals surface area contributed by atoms with Crippen molar-refractivity contribution in [1.82, 2.24) is 0 Å². The Balaban J connectivity index is 2.15. The summed E-state index contributed by atoms with van der Waals surface area (Å²) in [6, 6.07) is 0. The number of rotatable bonds is 15. The second kappa shape index (κ2) is 23.1. The highest BCUT2D eigenvalue weighted by molar-refractivity contribution is 14.1. The molecule has 0 saturated carbocycles. The van der Waals surface area contributed by atoms with Crippen LogP contribution in [0.5, 0.6) is 0 Å². The molecular formula is C34H45I3O21. The summed E-state index contributed by atoms with van der Waals surface area (Å²) in [5.74, 6) is -6.67. The van der Waals surface area contributed by atoms with Gasteiger partial charge in [0, 0.05) is 68.7 Å². The average molecular weight is 1170 g/mol. The lowest BCUT2D eigenvalue weighted by Crippen LogP contribution is -2.68. The van der Waals surface area contributed by atoms with E-state index in [0.717, 1.165) is 55.4 Å². The zero-order chi connectivity index (χ0) is 43.6. The number of hydrogen-bond donors (Lipinski definition) is 0. The second-order valence-corrected chi connectivity index (χ2v) is 15.6. The molecule has 0 N–H and O–H groups in total. The van der Waals surface area contributed by atoms with Crippen LogP contribution in [0.15, 0.2) is 0 Å². The van der Waals surface area contributed by atoms with Gasteiger partial charge in [-0.2, -0.15) is 0 Å². The van der Waals surface area contributed by atoms with Crippen molar-refractivity contribution in [1.29, 1.82) is 0 Å². The van der Waals surface area contributed by atoms with E-state index in [9.17, 15) is 38.4 Å².